The average Bonchev–Trinajstić information content (AvgIpc) is 2.32. The zero-order valence-electron chi connectivity index (χ0n) is 7.31. The second kappa shape index (κ2) is 3.80. The van der Waals surface area contributed by atoms with Gasteiger partial charge in [0.15, 0.2) is 0 Å². The molecule has 70 valence electrons. The molecule has 0 amide bonds. The molecule has 1 fully saturated rings. The van der Waals surface area contributed by atoms with Crippen LogP contribution in [0.1, 0.15) is 26.7 Å². The topological polar surface area (TPSA) is 20.3 Å². The van der Waals surface area contributed by atoms with Gasteiger partial charge in [0, 0.05) is 12.6 Å². The van der Waals surface area contributed by atoms with Crippen LogP contribution in [-0.4, -0.2) is 26.3 Å². The maximum Gasteiger partial charge on any atom is 0.252 e. The summed E-state index contributed by atoms with van der Waals surface area (Å²) in [6, 6.07) is 0.395. The molecule has 1 aliphatic rings. The summed E-state index contributed by atoms with van der Waals surface area (Å²) in [5.41, 5.74) is 0. The first-order valence-electron chi connectivity index (χ1n) is 4.14. The minimum atomic E-state index is -0.437. The molecule has 1 aliphatic heterocycles. The van der Waals surface area contributed by atoms with Crippen molar-refractivity contribution < 1.29 is 4.79 Å². The first kappa shape index (κ1) is 10.7. The molecule has 1 atom stereocenters. The number of nitrogens with zero attached hydrogens (tertiary/aromatic N) is 1. The molecule has 1 heterocycles. The fraction of sp³-hybridized carbons (Fsp3) is 0.875. The maximum atomic E-state index is 11.2. The van der Waals surface area contributed by atoms with Crippen LogP contribution >= 0.6 is 34.2 Å². The lowest BCUT2D eigenvalue weighted by atomic mass is 10.2. The Hall–Kier alpha value is 0.650. The summed E-state index contributed by atoms with van der Waals surface area (Å²) in [4.78, 5) is 13.4. The lowest BCUT2D eigenvalue weighted by Crippen LogP contribution is -2.46. The van der Waals surface area contributed by atoms with Gasteiger partial charge in [-0.25, -0.2) is 0 Å². The summed E-state index contributed by atoms with van der Waals surface area (Å²) in [5.74, 6) is 0. The molecule has 4 heteroatoms. The Morgan fingerprint density at radius 3 is 2.58 bits per heavy atom. The van der Waals surface area contributed by atoms with Crippen molar-refractivity contribution in [3.63, 3.8) is 0 Å². The second-order valence-corrected chi connectivity index (χ2v) is 5.55. The lowest BCUT2D eigenvalue weighted by Gasteiger charge is -2.33. The van der Waals surface area contributed by atoms with E-state index in [1.54, 1.807) is 0 Å². The Morgan fingerprint density at radius 1 is 1.67 bits per heavy atom. The second-order valence-electron chi connectivity index (χ2n) is 3.42. The van der Waals surface area contributed by atoms with Crippen LogP contribution in [0.4, 0.5) is 0 Å². The molecule has 0 aromatic rings. The number of carbonyl (C=O) groups is 1. The number of rotatable bonds is 2. The summed E-state index contributed by atoms with van der Waals surface area (Å²) < 4.78 is -0.437. The van der Waals surface area contributed by atoms with E-state index in [1.807, 2.05) is 0 Å². The van der Waals surface area contributed by atoms with E-state index in [9.17, 15) is 4.79 Å². The van der Waals surface area contributed by atoms with Gasteiger partial charge >= 0.3 is 0 Å². The molecule has 0 radical (unpaired) electrons. The minimum absolute atomic E-state index is 0.227. The first-order chi connectivity index (χ1) is 5.48. The van der Waals surface area contributed by atoms with Crippen molar-refractivity contribution in [1.29, 1.82) is 0 Å². The summed E-state index contributed by atoms with van der Waals surface area (Å²) in [7, 11) is 0. The maximum absolute atomic E-state index is 11.2. The molecule has 0 spiro atoms. The largest absolute Gasteiger partial charge is 0.279 e. The Kier molecular flexibility index (Phi) is 3.40. The highest BCUT2D eigenvalue weighted by Crippen LogP contribution is 2.38. The van der Waals surface area contributed by atoms with Crippen molar-refractivity contribution in [3.05, 3.63) is 0 Å². The van der Waals surface area contributed by atoms with E-state index >= 15 is 0 Å². The van der Waals surface area contributed by atoms with Crippen molar-refractivity contribution in [2.24, 2.45) is 0 Å². The molecular formula is C8H13ClINO. The number of alkyl halides is 1. The zero-order valence-corrected chi connectivity index (χ0v) is 10.2. The van der Waals surface area contributed by atoms with E-state index in [0.717, 1.165) is 19.4 Å². The van der Waals surface area contributed by atoms with Crippen molar-refractivity contribution in [2.45, 2.75) is 36.3 Å². The van der Waals surface area contributed by atoms with E-state index in [2.05, 4.69) is 41.3 Å². The zero-order chi connectivity index (χ0) is 9.35. The van der Waals surface area contributed by atoms with Gasteiger partial charge in [0.1, 0.15) is 3.55 Å². The van der Waals surface area contributed by atoms with Crippen LogP contribution in [0.3, 0.4) is 0 Å². The normalized spacial score (nSPS) is 31.4. The molecule has 12 heavy (non-hydrogen) atoms. The van der Waals surface area contributed by atoms with Crippen molar-refractivity contribution >= 4 is 39.4 Å². The van der Waals surface area contributed by atoms with Gasteiger partial charge in [-0.15, -0.1) is 0 Å². The number of hydrogen-bond acceptors (Lipinski definition) is 2. The Labute approximate surface area is 91.8 Å². The van der Waals surface area contributed by atoms with Gasteiger partial charge in [0.2, 0.25) is 0 Å². The molecule has 0 aromatic carbocycles. The number of halogens is 2. The summed E-state index contributed by atoms with van der Waals surface area (Å²) in [5, 5.41) is -0.227. The van der Waals surface area contributed by atoms with Gasteiger partial charge < -0.3 is 0 Å². The SMILES string of the molecule is CC(C)N1CCCC1(I)C(=O)Cl. The highest BCUT2D eigenvalue weighted by Gasteiger charge is 2.45. The summed E-state index contributed by atoms with van der Waals surface area (Å²) >= 11 is 7.75. The van der Waals surface area contributed by atoms with Gasteiger partial charge in [-0.05, 0) is 38.3 Å². The predicted octanol–water partition coefficient (Wildman–Crippen LogP) is 2.39. The van der Waals surface area contributed by atoms with E-state index in [4.69, 9.17) is 11.6 Å². The van der Waals surface area contributed by atoms with Crippen LogP contribution in [0.5, 0.6) is 0 Å². The minimum Gasteiger partial charge on any atom is -0.279 e. The molecule has 1 rings (SSSR count). The van der Waals surface area contributed by atoms with Crippen molar-refractivity contribution in [3.8, 4) is 0 Å². The number of carbonyl (C=O) groups excluding carboxylic acids is 1. The van der Waals surface area contributed by atoms with Crippen LogP contribution in [0.15, 0.2) is 0 Å². The Morgan fingerprint density at radius 2 is 2.25 bits per heavy atom. The molecule has 1 saturated heterocycles. The third-order valence-electron chi connectivity index (χ3n) is 2.29. The smallest absolute Gasteiger partial charge is 0.252 e. The molecule has 0 saturated carbocycles. The van der Waals surface area contributed by atoms with E-state index in [1.165, 1.54) is 0 Å². The van der Waals surface area contributed by atoms with E-state index in [0.29, 0.717) is 6.04 Å². The van der Waals surface area contributed by atoms with Gasteiger partial charge in [-0.3, -0.25) is 9.69 Å². The lowest BCUT2D eigenvalue weighted by molar-refractivity contribution is -0.116. The van der Waals surface area contributed by atoms with Gasteiger partial charge in [-0.2, -0.15) is 0 Å². The van der Waals surface area contributed by atoms with Gasteiger partial charge in [0.05, 0.1) is 0 Å². The molecule has 0 N–H and O–H groups in total. The molecule has 0 aliphatic carbocycles. The van der Waals surface area contributed by atoms with Crippen LogP contribution < -0.4 is 0 Å². The molecule has 2 nitrogen and oxygen atoms in total. The van der Waals surface area contributed by atoms with E-state index in [-0.39, 0.29) is 5.24 Å². The third kappa shape index (κ3) is 1.77. The van der Waals surface area contributed by atoms with Crippen LogP contribution in [0.25, 0.3) is 0 Å². The third-order valence-corrected chi connectivity index (χ3v) is 4.57. The van der Waals surface area contributed by atoms with E-state index < -0.39 is 3.55 Å². The highest BCUT2D eigenvalue weighted by atomic mass is 127. The molecule has 0 aromatic heterocycles. The summed E-state index contributed by atoms with van der Waals surface area (Å²) in [6.07, 6.45) is 1.95. The quantitative estimate of drug-likeness (QED) is 0.338. The average molecular weight is 302 g/mol. The van der Waals surface area contributed by atoms with Crippen LogP contribution in [0.2, 0.25) is 0 Å². The molecule has 0 bridgehead atoms. The highest BCUT2D eigenvalue weighted by molar-refractivity contribution is 14.1. The van der Waals surface area contributed by atoms with Crippen LogP contribution in [-0.2, 0) is 4.79 Å². The van der Waals surface area contributed by atoms with Crippen molar-refractivity contribution in [2.75, 3.05) is 6.54 Å². The van der Waals surface area contributed by atoms with Crippen molar-refractivity contribution in [1.82, 2.24) is 4.90 Å². The van der Waals surface area contributed by atoms with Gasteiger partial charge in [0.25, 0.3) is 5.24 Å². The Bertz CT molecular complexity index is 197. The number of likely N-dealkylation sites (tertiary alicyclic amines) is 1. The molecule has 1 unspecified atom stereocenters. The standard InChI is InChI=1S/C8H13ClINO/c1-6(2)11-5-3-4-8(11,10)7(9)12/h6H,3-5H2,1-2H3. The molecular weight excluding hydrogens is 288 g/mol. The monoisotopic (exact) mass is 301 g/mol. The van der Waals surface area contributed by atoms with Crippen LogP contribution in [0, 0.1) is 0 Å². The predicted molar refractivity (Wildman–Crippen MR) is 58.7 cm³/mol. The Balaban J connectivity index is 2.81. The summed E-state index contributed by atoms with van der Waals surface area (Å²) in [6.45, 7) is 5.18. The van der Waals surface area contributed by atoms with Gasteiger partial charge in [-0.1, -0.05) is 22.6 Å². The first-order valence-corrected chi connectivity index (χ1v) is 5.60. The number of hydrogen-bond donors (Lipinski definition) is 0. The fourth-order valence-corrected chi connectivity index (χ4v) is 3.07. The fourth-order valence-electron chi connectivity index (χ4n) is 1.68.